The van der Waals surface area contributed by atoms with Gasteiger partial charge in [-0.05, 0) is 48.9 Å². The van der Waals surface area contributed by atoms with Crippen molar-refractivity contribution in [3.8, 4) is 5.75 Å². The van der Waals surface area contributed by atoms with E-state index in [1.54, 1.807) is 42.2 Å². The van der Waals surface area contributed by atoms with Crippen LogP contribution in [0.1, 0.15) is 26.3 Å². The summed E-state index contributed by atoms with van der Waals surface area (Å²) in [5, 5.41) is 11.7. The second-order valence-corrected chi connectivity index (χ2v) is 6.60. The Labute approximate surface area is 168 Å². The Morgan fingerprint density at radius 2 is 1.72 bits per heavy atom. The Morgan fingerprint density at radius 1 is 1.07 bits per heavy atom. The largest absolute Gasteiger partial charge is 0.484 e. The van der Waals surface area contributed by atoms with Crippen LogP contribution in [0.3, 0.4) is 0 Å². The first-order chi connectivity index (χ1) is 13.9. The summed E-state index contributed by atoms with van der Waals surface area (Å²) in [6, 6.07) is 11.1. The number of carboxylic acid groups (broad SMARTS) is 1. The van der Waals surface area contributed by atoms with Gasteiger partial charge in [0.1, 0.15) is 5.75 Å². The molecule has 1 heterocycles. The van der Waals surface area contributed by atoms with Crippen molar-refractivity contribution in [2.75, 3.05) is 38.2 Å². The quantitative estimate of drug-likeness (QED) is 0.773. The summed E-state index contributed by atoms with van der Waals surface area (Å²) in [5.41, 5.74) is 1.80. The van der Waals surface area contributed by atoms with Crippen LogP contribution >= 0.6 is 0 Å². The summed E-state index contributed by atoms with van der Waals surface area (Å²) in [5.74, 6) is -1.09. The van der Waals surface area contributed by atoms with Gasteiger partial charge in [0.05, 0.1) is 18.8 Å². The normalized spacial score (nSPS) is 13.6. The minimum Gasteiger partial charge on any atom is -0.484 e. The molecule has 152 valence electrons. The predicted molar refractivity (Wildman–Crippen MR) is 105 cm³/mol. The number of carbonyl (C=O) groups excluding carboxylic acids is 2. The lowest BCUT2D eigenvalue weighted by Crippen LogP contribution is -2.40. The van der Waals surface area contributed by atoms with Gasteiger partial charge in [-0.1, -0.05) is 6.07 Å². The average molecular weight is 398 g/mol. The highest BCUT2D eigenvalue weighted by molar-refractivity contribution is 5.96. The number of ether oxygens (including phenoxy) is 2. The lowest BCUT2D eigenvalue weighted by molar-refractivity contribution is -0.118. The highest BCUT2D eigenvalue weighted by Gasteiger charge is 2.18. The van der Waals surface area contributed by atoms with Gasteiger partial charge < -0.3 is 24.8 Å². The minimum absolute atomic E-state index is 0.0635. The lowest BCUT2D eigenvalue weighted by atomic mass is 10.1. The van der Waals surface area contributed by atoms with Gasteiger partial charge in [-0.2, -0.15) is 0 Å². The zero-order valence-corrected chi connectivity index (χ0v) is 16.0. The number of hydrogen-bond donors (Lipinski definition) is 2. The third-order valence-electron chi connectivity index (χ3n) is 4.53. The molecule has 2 aromatic carbocycles. The Kier molecular flexibility index (Phi) is 6.46. The topological polar surface area (TPSA) is 105 Å². The lowest BCUT2D eigenvalue weighted by Gasteiger charge is -2.26. The molecule has 0 unspecified atom stereocenters. The van der Waals surface area contributed by atoms with Crippen LogP contribution in [0, 0.1) is 6.92 Å². The van der Waals surface area contributed by atoms with Crippen LogP contribution < -0.4 is 10.1 Å². The van der Waals surface area contributed by atoms with E-state index < -0.39 is 11.9 Å². The van der Waals surface area contributed by atoms with Crippen molar-refractivity contribution in [1.82, 2.24) is 4.90 Å². The van der Waals surface area contributed by atoms with Crippen molar-refractivity contribution >= 4 is 23.5 Å². The molecule has 8 nitrogen and oxygen atoms in total. The molecule has 1 fully saturated rings. The van der Waals surface area contributed by atoms with Crippen LogP contribution in [0.5, 0.6) is 5.75 Å². The standard InChI is InChI=1S/C21H22N2O6/c1-14-2-3-16(21(26)27)12-18(14)22-19(24)13-29-17-6-4-15(5-7-17)20(25)23-8-10-28-11-9-23/h2-7,12H,8-11,13H2,1H3,(H,22,24)(H,26,27). The molecule has 0 radical (unpaired) electrons. The molecule has 1 aliphatic heterocycles. The number of nitrogens with zero attached hydrogens (tertiary/aromatic N) is 1. The summed E-state index contributed by atoms with van der Waals surface area (Å²) in [6.07, 6.45) is 0. The highest BCUT2D eigenvalue weighted by Crippen LogP contribution is 2.18. The van der Waals surface area contributed by atoms with Crippen LogP contribution in [-0.4, -0.2) is 60.7 Å². The number of rotatable bonds is 6. The van der Waals surface area contributed by atoms with E-state index in [0.29, 0.717) is 43.3 Å². The fourth-order valence-electron chi connectivity index (χ4n) is 2.87. The molecule has 0 atom stereocenters. The van der Waals surface area contributed by atoms with E-state index in [1.807, 2.05) is 0 Å². The summed E-state index contributed by atoms with van der Waals surface area (Å²) in [7, 11) is 0. The van der Waals surface area contributed by atoms with Crippen molar-refractivity contribution in [2.24, 2.45) is 0 Å². The molecule has 0 aliphatic carbocycles. The molecule has 1 aliphatic rings. The third-order valence-corrected chi connectivity index (χ3v) is 4.53. The molecular formula is C21H22N2O6. The molecular weight excluding hydrogens is 376 g/mol. The summed E-state index contributed by atoms with van der Waals surface area (Å²) in [6.45, 7) is 3.74. The maximum atomic E-state index is 12.4. The number of aromatic carboxylic acids is 1. The molecule has 0 aromatic heterocycles. The predicted octanol–water partition coefficient (Wildman–Crippen LogP) is 2.18. The molecule has 0 bridgehead atoms. The van der Waals surface area contributed by atoms with Gasteiger partial charge in [-0.15, -0.1) is 0 Å². The van der Waals surface area contributed by atoms with E-state index >= 15 is 0 Å². The Balaban J connectivity index is 1.54. The minimum atomic E-state index is -1.07. The zero-order chi connectivity index (χ0) is 20.8. The second kappa shape index (κ2) is 9.20. The van der Waals surface area contributed by atoms with Gasteiger partial charge in [0.2, 0.25) is 0 Å². The Bertz CT molecular complexity index is 904. The molecule has 3 rings (SSSR count). The molecule has 0 saturated carbocycles. The average Bonchev–Trinajstić information content (AvgIpc) is 2.74. The van der Waals surface area contributed by atoms with Gasteiger partial charge in [0.15, 0.2) is 6.61 Å². The summed E-state index contributed by atoms with van der Waals surface area (Å²) >= 11 is 0. The first kappa shape index (κ1) is 20.3. The van der Waals surface area contributed by atoms with E-state index in [2.05, 4.69) is 5.32 Å². The monoisotopic (exact) mass is 398 g/mol. The number of anilines is 1. The van der Waals surface area contributed by atoms with Crippen LogP contribution in [-0.2, 0) is 9.53 Å². The van der Waals surface area contributed by atoms with Crippen molar-refractivity contribution in [3.63, 3.8) is 0 Å². The first-order valence-corrected chi connectivity index (χ1v) is 9.18. The van der Waals surface area contributed by atoms with Crippen LogP contribution in [0.2, 0.25) is 0 Å². The van der Waals surface area contributed by atoms with E-state index in [4.69, 9.17) is 14.6 Å². The number of aryl methyl sites for hydroxylation is 1. The number of carbonyl (C=O) groups is 3. The number of nitrogens with one attached hydrogen (secondary N) is 1. The van der Waals surface area contributed by atoms with Crippen LogP contribution in [0.4, 0.5) is 5.69 Å². The van der Waals surface area contributed by atoms with Crippen molar-refractivity contribution in [3.05, 3.63) is 59.2 Å². The molecule has 0 spiro atoms. The van der Waals surface area contributed by atoms with E-state index in [1.165, 1.54) is 12.1 Å². The summed E-state index contributed by atoms with van der Waals surface area (Å²) in [4.78, 5) is 37.4. The Morgan fingerprint density at radius 3 is 2.38 bits per heavy atom. The highest BCUT2D eigenvalue weighted by atomic mass is 16.5. The van der Waals surface area contributed by atoms with Gasteiger partial charge in [0, 0.05) is 24.3 Å². The van der Waals surface area contributed by atoms with Gasteiger partial charge in [0.25, 0.3) is 11.8 Å². The Hall–Kier alpha value is -3.39. The summed E-state index contributed by atoms with van der Waals surface area (Å²) < 4.78 is 10.7. The number of benzene rings is 2. The van der Waals surface area contributed by atoms with E-state index in [0.717, 1.165) is 5.56 Å². The molecule has 29 heavy (non-hydrogen) atoms. The number of morpholine rings is 1. The number of amides is 2. The number of hydrogen-bond acceptors (Lipinski definition) is 5. The number of carboxylic acids is 1. The third kappa shape index (κ3) is 5.32. The van der Waals surface area contributed by atoms with E-state index in [-0.39, 0.29) is 18.1 Å². The van der Waals surface area contributed by atoms with Crippen LogP contribution in [0.15, 0.2) is 42.5 Å². The van der Waals surface area contributed by atoms with Gasteiger partial charge >= 0.3 is 5.97 Å². The first-order valence-electron chi connectivity index (χ1n) is 9.18. The second-order valence-electron chi connectivity index (χ2n) is 6.60. The fraction of sp³-hybridized carbons (Fsp3) is 0.286. The van der Waals surface area contributed by atoms with Crippen molar-refractivity contribution < 1.29 is 29.0 Å². The maximum Gasteiger partial charge on any atom is 0.335 e. The smallest absolute Gasteiger partial charge is 0.335 e. The van der Waals surface area contributed by atoms with Crippen LogP contribution in [0.25, 0.3) is 0 Å². The maximum absolute atomic E-state index is 12.4. The fourth-order valence-corrected chi connectivity index (χ4v) is 2.87. The molecule has 2 N–H and O–H groups in total. The SMILES string of the molecule is Cc1ccc(C(=O)O)cc1NC(=O)COc1ccc(C(=O)N2CCOCC2)cc1. The molecule has 2 amide bonds. The molecule has 1 saturated heterocycles. The van der Waals surface area contributed by atoms with Gasteiger partial charge in [-0.3, -0.25) is 9.59 Å². The van der Waals surface area contributed by atoms with Crippen molar-refractivity contribution in [1.29, 1.82) is 0 Å². The van der Waals surface area contributed by atoms with Crippen molar-refractivity contribution in [2.45, 2.75) is 6.92 Å². The van der Waals surface area contributed by atoms with Gasteiger partial charge in [-0.25, -0.2) is 4.79 Å². The van der Waals surface area contributed by atoms with E-state index in [9.17, 15) is 14.4 Å². The molecule has 2 aromatic rings. The molecule has 8 heteroatoms. The zero-order valence-electron chi connectivity index (χ0n) is 16.0.